The SMILES string of the molecule is Cc1ccc(S(=O)(=O)N2CCCN(C(=O)C(C)(C)C)CC2)cc1. The molecule has 128 valence electrons. The quantitative estimate of drug-likeness (QED) is 0.831. The van der Waals surface area contributed by atoms with E-state index in [0.29, 0.717) is 37.5 Å². The van der Waals surface area contributed by atoms with E-state index in [-0.39, 0.29) is 5.91 Å². The van der Waals surface area contributed by atoms with Crippen molar-refractivity contribution >= 4 is 15.9 Å². The Hall–Kier alpha value is -1.40. The number of carbonyl (C=O) groups excluding carboxylic acids is 1. The maximum absolute atomic E-state index is 12.7. The van der Waals surface area contributed by atoms with Crippen molar-refractivity contribution in [2.45, 2.75) is 39.0 Å². The minimum Gasteiger partial charge on any atom is -0.341 e. The van der Waals surface area contributed by atoms with Crippen LogP contribution in [0.4, 0.5) is 0 Å². The van der Waals surface area contributed by atoms with Crippen LogP contribution in [0.3, 0.4) is 0 Å². The zero-order chi connectivity index (χ0) is 17.3. The molecule has 2 rings (SSSR count). The fourth-order valence-electron chi connectivity index (χ4n) is 2.67. The van der Waals surface area contributed by atoms with E-state index in [1.807, 2.05) is 27.7 Å². The summed E-state index contributed by atoms with van der Waals surface area (Å²) < 4.78 is 27.0. The molecule has 6 heteroatoms. The van der Waals surface area contributed by atoms with Crippen LogP contribution in [-0.4, -0.2) is 49.7 Å². The third-order valence-electron chi connectivity index (χ3n) is 4.04. The van der Waals surface area contributed by atoms with Gasteiger partial charge in [0, 0.05) is 31.6 Å². The van der Waals surface area contributed by atoms with Crippen molar-refractivity contribution in [3.05, 3.63) is 29.8 Å². The summed E-state index contributed by atoms with van der Waals surface area (Å²) in [7, 11) is -3.49. The van der Waals surface area contributed by atoms with Crippen molar-refractivity contribution in [3.63, 3.8) is 0 Å². The number of nitrogens with zero attached hydrogens (tertiary/aromatic N) is 2. The van der Waals surface area contributed by atoms with Crippen molar-refractivity contribution in [2.24, 2.45) is 5.41 Å². The van der Waals surface area contributed by atoms with E-state index >= 15 is 0 Å². The Labute approximate surface area is 139 Å². The summed E-state index contributed by atoms with van der Waals surface area (Å²) in [6, 6.07) is 6.90. The van der Waals surface area contributed by atoms with Crippen molar-refractivity contribution < 1.29 is 13.2 Å². The molecule has 23 heavy (non-hydrogen) atoms. The highest BCUT2D eigenvalue weighted by atomic mass is 32.2. The fraction of sp³-hybridized carbons (Fsp3) is 0.588. The molecule has 1 fully saturated rings. The van der Waals surface area contributed by atoms with Gasteiger partial charge in [0.1, 0.15) is 0 Å². The lowest BCUT2D eigenvalue weighted by Crippen LogP contribution is -2.42. The molecule has 0 radical (unpaired) electrons. The minimum atomic E-state index is -3.49. The Bertz CT molecular complexity index is 660. The largest absolute Gasteiger partial charge is 0.341 e. The van der Waals surface area contributed by atoms with Gasteiger partial charge in [0.25, 0.3) is 0 Å². The van der Waals surface area contributed by atoms with Gasteiger partial charge < -0.3 is 4.90 Å². The number of benzene rings is 1. The van der Waals surface area contributed by atoms with Crippen molar-refractivity contribution in [1.29, 1.82) is 0 Å². The predicted octanol–water partition coefficient (Wildman–Crippen LogP) is 2.26. The normalized spacial score (nSPS) is 17.8. The molecule has 1 aromatic rings. The van der Waals surface area contributed by atoms with Crippen molar-refractivity contribution in [2.75, 3.05) is 26.2 Å². The van der Waals surface area contributed by atoms with Crippen LogP contribution in [0.1, 0.15) is 32.8 Å². The molecule has 1 heterocycles. The molecule has 0 aliphatic carbocycles. The third kappa shape index (κ3) is 4.12. The lowest BCUT2D eigenvalue weighted by atomic mass is 9.94. The first-order valence-corrected chi connectivity index (χ1v) is 9.42. The third-order valence-corrected chi connectivity index (χ3v) is 5.96. The van der Waals surface area contributed by atoms with Gasteiger partial charge in [-0.25, -0.2) is 8.42 Å². The lowest BCUT2D eigenvalue weighted by molar-refractivity contribution is -0.139. The Kier molecular flexibility index (Phi) is 5.16. The number of aryl methyl sites for hydroxylation is 1. The molecule has 0 atom stereocenters. The molecule has 1 aromatic carbocycles. The van der Waals surface area contributed by atoms with Gasteiger partial charge in [-0.2, -0.15) is 4.31 Å². The van der Waals surface area contributed by atoms with E-state index in [0.717, 1.165) is 5.56 Å². The van der Waals surface area contributed by atoms with E-state index in [9.17, 15) is 13.2 Å². The Balaban J connectivity index is 2.14. The lowest BCUT2D eigenvalue weighted by Gasteiger charge is -2.28. The molecular formula is C17H26N2O3S. The van der Waals surface area contributed by atoms with E-state index in [4.69, 9.17) is 0 Å². The van der Waals surface area contributed by atoms with Crippen LogP contribution in [0.25, 0.3) is 0 Å². The molecule has 0 bridgehead atoms. The molecule has 0 spiro atoms. The van der Waals surface area contributed by atoms with Crippen LogP contribution in [0.2, 0.25) is 0 Å². The standard InChI is InChI=1S/C17H26N2O3S/c1-14-6-8-15(9-7-14)23(21,22)19-11-5-10-18(12-13-19)16(20)17(2,3)4/h6-9H,5,10-13H2,1-4H3. The summed E-state index contributed by atoms with van der Waals surface area (Å²) in [5.74, 6) is 0.0760. The van der Waals surface area contributed by atoms with Crippen LogP contribution in [0.15, 0.2) is 29.2 Å². The molecule has 1 saturated heterocycles. The average Bonchev–Trinajstić information content (AvgIpc) is 2.72. The van der Waals surface area contributed by atoms with Crippen LogP contribution < -0.4 is 0 Å². The van der Waals surface area contributed by atoms with E-state index in [1.165, 1.54) is 4.31 Å². The second-order valence-electron chi connectivity index (χ2n) is 7.11. The Morgan fingerprint density at radius 2 is 1.61 bits per heavy atom. The van der Waals surface area contributed by atoms with Gasteiger partial charge in [-0.3, -0.25) is 4.79 Å². The highest BCUT2D eigenvalue weighted by Crippen LogP contribution is 2.21. The minimum absolute atomic E-state index is 0.0760. The monoisotopic (exact) mass is 338 g/mol. The summed E-state index contributed by atoms with van der Waals surface area (Å²) in [6.45, 7) is 9.45. The van der Waals surface area contributed by atoms with Gasteiger partial charge in [-0.05, 0) is 25.5 Å². The first kappa shape index (κ1) is 17.9. The zero-order valence-corrected chi connectivity index (χ0v) is 15.2. The second-order valence-corrected chi connectivity index (χ2v) is 9.05. The first-order chi connectivity index (χ1) is 10.6. The van der Waals surface area contributed by atoms with Crippen LogP contribution in [0.5, 0.6) is 0 Å². The number of carbonyl (C=O) groups is 1. The molecule has 0 aromatic heterocycles. The Morgan fingerprint density at radius 3 is 2.17 bits per heavy atom. The molecule has 5 nitrogen and oxygen atoms in total. The molecule has 0 saturated carbocycles. The number of rotatable bonds is 2. The number of sulfonamides is 1. The summed E-state index contributed by atoms with van der Waals surface area (Å²) in [6.07, 6.45) is 0.660. The first-order valence-electron chi connectivity index (χ1n) is 7.98. The maximum atomic E-state index is 12.7. The second kappa shape index (κ2) is 6.61. The number of hydrogen-bond donors (Lipinski definition) is 0. The topological polar surface area (TPSA) is 57.7 Å². The average molecular weight is 338 g/mol. The molecule has 1 aliphatic heterocycles. The van der Waals surface area contributed by atoms with Gasteiger partial charge in [0.2, 0.25) is 15.9 Å². The highest BCUT2D eigenvalue weighted by Gasteiger charge is 2.31. The van der Waals surface area contributed by atoms with Gasteiger partial charge in [0.15, 0.2) is 0 Å². The van der Waals surface area contributed by atoms with E-state index in [1.54, 1.807) is 29.2 Å². The highest BCUT2D eigenvalue weighted by molar-refractivity contribution is 7.89. The van der Waals surface area contributed by atoms with Gasteiger partial charge in [-0.1, -0.05) is 38.5 Å². The zero-order valence-electron chi connectivity index (χ0n) is 14.4. The van der Waals surface area contributed by atoms with Crippen LogP contribution >= 0.6 is 0 Å². The number of amides is 1. The van der Waals surface area contributed by atoms with Gasteiger partial charge >= 0.3 is 0 Å². The summed E-state index contributed by atoms with van der Waals surface area (Å²) in [5.41, 5.74) is 0.590. The molecular weight excluding hydrogens is 312 g/mol. The maximum Gasteiger partial charge on any atom is 0.243 e. The smallest absolute Gasteiger partial charge is 0.243 e. The summed E-state index contributed by atoms with van der Waals surface area (Å²) in [4.78, 5) is 14.5. The molecule has 0 N–H and O–H groups in total. The van der Waals surface area contributed by atoms with Crippen LogP contribution in [0, 0.1) is 12.3 Å². The number of hydrogen-bond acceptors (Lipinski definition) is 3. The van der Waals surface area contributed by atoms with Crippen LogP contribution in [-0.2, 0) is 14.8 Å². The van der Waals surface area contributed by atoms with Crippen molar-refractivity contribution in [3.8, 4) is 0 Å². The predicted molar refractivity (Wildman–Crippen MR) is 90.6 cm³/mol. The summed E-state index contributed by atoms with van der Waals surface area (Å²) in [5, 5.41) is 0. The van der Waals surface area contributed by atoms with Crippen molar-refractivity contribution in [1.82, 2.24) is 9.21 Å². The fourth-order valence-corrected chi connectivity index (χ4v) is 4.14. The van der Waals surface area contributed by atoms with E-state index in [2.05, 4.69) is 0 Å². The summed E-state index contributed by atoms with van der Waals surface area (Å²) >= 11 is 0. The Morgan fingerprint density at radius 1 is 1.00 bits per heavy atom. The van der Waals surface area contributed by atoms with E-state index < -0.39 is 15.4 Å². The molecule has 0 unspecified atom stereocenters. The molecule has 1 amide bonds. The molecule has 1 aliphatic rings. The van der Waals surface area contributed by atoms with Gasteiger partial charge in [0.05, 0.1) is 4.90 Å². The van der Waals surface area contributed by atoms with Gasteiger partial charge in [-0.15, -0.1) is 0 Å².